The summed E-state index contributed by atoms with van der Waals surface area (Å²) >= 11 is 0. The number of carboxylic acids is 1. The van der Waals surface area contributed by atoms with E-state index >= 15 is 0 Å². The summed E-state index contributed by atoms with van der Waals surface area (Å²) in [5.74, 6) is -1.48. The molecule has 19 heavy (non-hydrogen) atoms. The van der Waals surface area contributed by atoms with E-state index in [9.17, 15) is 18.4 Å². The highest BCUT2D eigenvalue weighted by molar-refractivity contribution is 5.75. The van der Waals surface area contributed by atoms with Crippen LogP contribution in [0.4, 0.5) is 8.78 Å². The molecule has 0 unspecified atom stereocenters. The fraction of sp³-hybridized carbons (Fsp3) is 0.333. The number of alkyl halides is 2. The Balaban J connectivity index is 2.83. The van der Waals surface area contributed by atoms with Crippen LogP contribution in [0.1, 0.15) is 24.9 Å². The average molecular weight is 273 g/mol. The maximum atomic E-state index is 12.0. The minimum absolute atomic E-state index is 0.0318. The number of ether oxygens (including phenoxy) is 1. The van der Waals surface area contributed by atoms with E-state index in [0.29, 0.717) is 5.56 Å². The van der Waals surface area contributed by atoms with Gasteiger partial charge in [-0.3, -0.25) is 9.59 Å². The van der Waals surface area contributed by atoms with E-state index in [1.54, 1.807) is 0 Å². The number of halogens is 2. The number of carbonyl (C=O) groups excluding carboxylic acids is 1. The van der Waals surface area contributed by atoms with Crippen LogP contribution in [0.2, 0.25) is 0 Å². The molecule has 1 amide bonds. The first kappa shape index (κ1) is 14.9. The number of rotatable bonds is 6. The van der Waals surface area contributed by atoms with Crippen molar-refractivity contribution in [3.8, 4) is 5.75 Å². The van der Waals surface area contributed by atoms with Crippen molar-refractivity contribution in [2.75, 3.05) is 0 Å². The van der Waals surface area contributed by atoms with Crippen LogP contribution in [0.3, 0.4) is 0 Å². The summed E-state index contributed by atoms with van der Waals surface area (Å²) in [4.78, 5) is 21.7. The first-order valence-corrected chi connectivity index (χ1v) is 5.42. The van der Waals surface area contributed by atoms with Gasteiger partial charge in [-0.15, -0.1) is 0 Å². The standard InChI is InChI=1S/C12H13F2NO4/c1-7(16)15-10(6-11(17)18)8-2-4-9(5-3-8)19-12(13)14/h2-5,10,12H,6H2,1H3,(H,15,16)(H,17,18)/t10-/m0/s1. The molecule has 0 bridgehead atoms. The van der Waals surface area contributed by atoms with Gasteiger partial charge in [-0.2, -0.15) is 8.78 Å². The molecule has 104 valence electrons. The molecule has 0 radical (unpaired) electrons. The Kier molecular flexibility index (Phi) is 5.23. The minimum Gasteiger partial charge on any atom is -0.481 e. The van der Waals surface area contributed by atoms with Crippen LogP contribution in [0.15, 0.2) is 24.3 Å². The number of hydrogen-bond donors (Lipinski definition) is 2. The maximum Gasteiger partial charge on any atom is 0.387 e. The Morgan fingerprint density at radius 2 is 1.89 bits per heavy atom. The van der Waals surface area contributed by atoms with Crippen molar-refractivity contribution >= 4 is 11.9 Å². The maximum absolute atomic E-state index is 12.0. The lowest BCUT2D eigenvalue weighted by atomic mass is 10.0. The van der Waals surface area contributed by atoms with E-state index in [-0.39, 0.29) is 18.1 Å². The Morgan fingerprint density at radius 1 is 1.32 bits per heavy atom. The normalized spacial score (nSPS) is 12.0. The molecule has 1 rings (SSSR count). The predicted molar refractivity (Wildman–Crippen MR) is 61.9 cm³/mol. The number of amides is 1. The number of hydrogen-bond acceptors (Lipinski definition) is 3. The molecule has 0 spiro atoms. The fourth-order valence-electron chi connectivity index (χ4n) is 1.55. The van der Waals surface area contributed by atoms with Gasteiger partial charge < -0.3 is 15.2 Å². The molecule has 0 aromatic heterocycles. The van der Waals surface area contributed by atoms with Gasteiger partial charge >= 0.3 is 12.6 Å². The van der Waals surface area contributed by atoms with Gasteiger partial charge in [0.25, 0.3) is 0 Å². The largest absolute Gasteiger partial charge is 0.481 e. The molecule has 0 aliphatic heterocycles. The van der Waals surface area contributed by atoms with Gasteiger partial charge in [0.2, 0.25) is 5.91 Å². The van der Waals surface area contributed by atoms with Crippen molar-refractivity contribution in [1.29, 1.82) is 0 Å². The predicted octanol–water partition coefficient (Wildman–Crippen LogP) is 1.94. The molecule has 0 aliphatic carbocycles. The Morgan fingerprint density at radius 3 is 2.32 bits per heavy atom. The highest BCUT2D eigenvalue weighted by atomic mass is 19.3. The second kappa shape index (κ2) is 6.67. The van der Waals surface area contributed by atoms with Crippen LogP contribution in [0.25, 0.3) is 0 Å². The highest BCUT2D eigenvalue weighted by Crippen LogP contribution is 2.21. The first-order valence-electron chi connectivity index (χ1n) is 5.42. The molecule has 0 aliphatic rings. The molecule has 7 heteroatoms. The summed E-state index contributed by atoms with van der Waals surface area (Å²) < 4.78 is 28.1. The van der Waals surface area contributed by atoms with Crippen molar-refractivity contribution < 1.29 is 28.2 Å². The van der Waals surface area contributed by atoms with Crippen LogP contribution in [-0.2, 0) is 9.59 Å². The van der Waals surface area contributed by atoms with Crippen LogP contribution in [0, 0.1) is 0 Å². The molecule has 0 heterocycles. The third-order valence-corrected chi connectivity index (χ3v) is 2.26. The monoisotopic (exact) mass is 273 g/mol. The minimum atomic E-state index is -2.92. The smallest absolute Gasteiger partial charge is 0.387 e. The molecular weight excluding hydrogens is 260 g/mol. The summed E-state index contributed by atoms with van der Waals surface area (Å²) in [6.45, 7) is -1.65. The van der Waals surface area contributed by atoms with Crippen molar-refractivity contribution in [3.05, 3.63) is 29.8 Å². The zero-order valence-electron chi connectivity index (χ0n) is 10.1. The lowest BCUT2D eigenvalue weighted by Gasteiger charge is -2.16. The summed E-state index contributed by atoms with van der Waals surface area (Å²) in [6.07, 6.45) is -0.297. The second-order valence-corrected chi connectivity index (χ2v) is 3.80. The van der Waals surface area contributed by atoms with Gasteiger partial charge in [0.1, 0.15) is 5.75 Å². The summed E-state index contributed by atoms with van der Waals surface area (Å²) in [5, 5.41) is 11.2. The van der Waals surface area contributed by atoms with E-state index in [1.165, 1.54) is 31.2 Å². The number of carbonyl (C=O) groups is 2. The van der Waals surface area contributed by atoms with E-state index < -0.39 is 18.6 Å². The lowest BCUT2D eigenvalue weighted by Crippen LogP contribution is -2.27. The molecule has 1 atom stereocenters. The zero-order chi connectivity index (χ0) is 14.4. The average Bonchev–Trinajstić information content (AvgIpc) is 2.27. The summed E-state index contributed by atoms with van der Waals surface area (Å²) in [7, 11) is 0. The van der Waals surface area contributed by atoms with E-state index in [1.807, 2.05) is 0 Å². The molecular formula is C12H13F2NO4. The van der Waals surface area contributed by atoms with Crippen LogP contribution in [0.5, 0.6) is 5.75 Å². The van der Waals surface area contributed by atoms with Crippen LogP contribution >= 0.6 is 0 Å². The zero-order valence-corrected chi connectivity index (χ0v) is 10.1. The number of carboxylic acid groups (broad SMARTS) is 1. The molecule has 0 saturated carbocycles. The number of benzene rings is 1. The second-order valence-electron chi connectivity index (χ2n) is 3.80. The molecule has 1 aromatic carbocycles. The highest BCUT2D eigenvalue weighted by Gasteiger charge is 2.16. The Bertz CT molecular complexity index is 432. The summed E-state index contributed by atoms with van der Waals surface area (Å²) in [5.41, 5.74) is 0.499. The number of nitrogens with one attached hydrogen (secondary N) is 1. The lowest BCUT2D eigenvalue weighted by molar-refractivity contribution is -0.137. The van der Waals surface area contributed by atoms with Gasteiger partial charge in [-0.25, -0.2) is 0 Å². The third kappa shape index (κ3) is 5.33. The summed E-state index contributed by atoms with van der Waals surface area (Å²) in [6, 6.07) is 4.73. The molecule has 5 nitrogen and oxygen atoms in total. The van der Waals surface area contributed by atoms with Gasteiger partial charge in [0.15, 0.2) is 0 Å². The quantitative estimate of drug-likeness (QED) is 0.830. The van der Waals surface area contributed by atoms with E-state index in [4.69, 9.17) is 5.11 Å². The molecule has 0 saturated heterocycles. The van der Waals surface area contributed by atoms with Crippen LogP contribution < -0.4 is 10.1 Å². The van der Waals surface area contributed by atoms with Crippen molar-refractivity contribution in [3.63, 3.8) is 0 Å². The Labute approximate surface area is 108 Å². The number of aliphatic carboxylic acids is 1. The van der Waals surface area contributed by atoms with Gasteiger partial charge in [-0.1, -0.05) is 12.1 Å². The van der Waals surface area contributed by atoms with Crippen molar-refractivity contribution in [1.82, 2.24) is 5.32 Å². The topological polar surface area (TPSA) is 75.6 Å². The van der Waals surface area contributed by atoms with Crippen LogP contribution in [-0.4, -0.2) is 23.6 Å². The van der Waals surface area contributed by atoms with Gasteiger partial charge in [0, 0.05) is 6.92 Å². The van der Waals surface area contributed by atoms with Crippen molar-refractivity contribution in [2.45, 2.75) is 26.0 Å². The fourth-order valence-corrected chi connectivity index (χ4v) is 1.55. The third-order valence-electron chi connectivity index (χ3n) is 2.26. The molecule has 2 N–H and O–H groups in total. The van der Waals surface area contributed by atoms with E-state index in [0.717, 1.165) is 0 Å². The van der Waals surface area contributed by atoms with Gasteiger partial charge in [0.05, 0.1) is 12.5 Å². The first-order chi connectivity index (χ1) is 8.88. The SMILES string of the molecule is CC(=O)N[C@@H](CC(=O)O)c1ccc(OC(F)F)cc1. The molecule has 1 aromatic rings. The molecule has 0 fully saturated rings. The van der Waals surface area contributed by atoms with E-state index in [2.05, 4.69) is 10.1 Å². The van der Waals surface area contributed by atoms with Crippen molar-refractivity contribution in [2.24, 2.45) is 0 Å². The Hall–Kier alpha value is -2.18. The van der Waals surface area contributed by atoms with Gasteiger partial charge in [-0.05, 0) is 17.7 Å².